The van der Waals surface area contributed by atoms with Gasteiger partial charge in [0.2, 0.25) is 0 Å². The molecule has 0 aliphatic rings. The van der Waals surface area contributed by atoms with Crippen LogP contribution >= 0.6 is 0 Å². The first-order chi connectivity index (χ1) is 8.59. The molecule has 0 aliphatic heterocycles. The van der Waals surface area contributed by atoms with Crippen LogP contribution in [0.1, 0.15) is 10.4 Å². The van der Waals surface area contributed by atoms with Crippen molar-refractivity contribution in [1.29, 1.82) is 0 Å². The van der Waals surface area contributed by atoms with Crippen molar-refractivity contribution in [3.05, 3.63) is 41.8 Å². The predicted octanol–water partition coefficient (Wildman–Crippen LogP) is 0.898. The van der Waals surface area contributed by atoms with Crippen LogP contribution < -0.4 is 16.6 Å². The van der Waals surface area contributed by atoms with E-state index in [0.717, 1.165) is 0 Å². The number of anilines is 2. The van der Waals surface area contributed by atoms with Crippen molar-refractivity contribution in [3.8, 4) is 0 Å². The molecule has 1 amide bonds. The van der Waals surface area contributed by atoms with Crippen LogP contribution in [0.15, 0.2) is 30.5 Å². The molecule has 0 spiro atoms. The Morgan fingerprint density at radius 3 is 2.78 bits per heavy atom. The lowest BCUT2D eigenvalue weighted by Gasteiger charge is -2.08. The quantitative estimate of drug-likeness (QED) is 0.705. The highest BCUT2D eigenvalue weighted by Gasteiger charge is 2.13. The maximum Gasteiger partial charge on any atom is 0.274 e. The Morgan fingerprint density at radius 2 is 2.17 bits per heavy atom. The highest BCUT2D eigenvalue weighted by Crippen LogP contribution is 2.12. The minimum atomic E-state index is -0.483. The van der Waals surface area contributed by atoms with Gasteiger partial charge >= 0.3 is 0 Å². The van der Waals surface area contributed by atoms with E-state index >= 15 is 0 Å². The molecule has 2 aromatic rings. The second-order valence-electron chi connectivity index (χ2n) is 3.63. The first-order valence-electron chi connectivity index (χ1n) is 5.18. The average molecular weight is 249 g/mol. The summed E-state index contributed by atoms with van der Waals surface area (Å²) < 4.78 is 14.6. The van der Waals surface area contributed by atoms with Crippen molar-refractivity contribution < 1.29 is 9.18 Å². The number of carbonyl (C=O) groups is 1. The third kappa shape index (κ3) is 2.24. The van der Waals surface area contributed by atoms with Crippen LogP contribution in [0.4, 0.5) is 15.9 Å². The molecular formula is C11H12FN5O. The highest BCUT2D eigenvalue weighted by atomic mass is 19.1. The van der Waals surface area contributed by atoms with Gasteiger partial charge in [-0.2, -0.15) is 5.10 Å². The molecule has 6 nitrogen and oxygen atoms in total. The van der Waals surface area contributed by atoms with Crippen molar-refractivity contribution in [3.63, 3.8) is 0 Å². The summed E-state index contributed by atoms with van der Waals surface area (Å²) in [5, 5.41) is 3.84. The standard InChI is InChI=1S/C11H12FN5O/c1-17-10(13)7(6-14-17)11(18)16-15-9-5-3-2-4-8(9)12/h2-6,15H,13H2,1H3,(H,16,18). The van der Waals surface area contributed by atoms with E-state index in [-0.39, 0.29) is 17.1 Å². The lowest BCUT2D eigenvalue weighted by molar-refractivity contribution is 0.0963. The van der Waals surface area contributed by atoms with Gasteiger partial charge in [0.25, 0.3) is 5.91 Å². The second kappa shape index (κ2) is 4.74. The molecule has 1 aromatic heterocycles. The zero-order chi connectivity index (χ0) is 13.1. The normalized spacial score (nSPS) is 10.1. The predicted molar refractivity (Wildman–Crippen MR) is 65.1 cm³/mol. The molecule has 94 valence electrons. The molecule has 0 radical (unpaired) electrons. The number of halogens is 1. The number of nitrogens with two attached hydrogens (primary N) is 1. The number of nitrogens with one attached hydrogen (secondary N) is 2. The van der Waals surface area contributed by atoms with E-state index in [9.17, 15) is 9.18 Å². The average Bonchev–Trinajstić information content (AvgIpc) is 2.69. The molecule has 2 rings (SSSR count). The Balaban J connectivity index is 2.05. The van der Waals surface area contributed by atoms with Gasteiger partial charge in [0.15, 0.2) is 0 Å². The summed E-state index contributed by atoms with van der Waals surface area (Å²) in [6.07, 6.45) is 1.34. The summed E-state index contributed by atoms with van der Waals surface area (Å²) in [6, 6.07) is 5.99. The molecule has 1 aromatic carbocycles. The van der Waals surface area contributed by atoms with E-state index < -0.39 is 11.7 Å². The summed E-state index contributed by atoms with van der Waals surface area (Å²) in [5.74, 6) is -0.705. The van der Waals surface area contributed by atoms with Gasteiger partial charge in [-0.3, -0.25) is 20.3 Å². The Bertz CT molecular complexity index is 581. The Hall–Kier alpha value is -2.57. The van der Waals surface area contributed by atoms with E-state index in [0.29, 0.717) is 0 Å². The van der Waals surface area contributed by atoms with Crippen molar-refractivity contribution in [2.45, 2.75) is 0 Å². The Labute approximate surface area is 103 Å². The monoisotopic (exact) mass is 249 g/mol. The minimum absolute atomic E-state index is 0.174. The molecule has 0 saturated heterocycles. The van der Waals surface area contributed by atoms with Crippen LogP contribution in [0.25, 0.3) is 0 Å². The number of carbonyl (C=O) groups excluding carboxylic acids is 1. The van der Waals surface area contributed by atoms with E-state index in [1.807, 2.05) is 0 Å². The number of aryl methyl sites for hydroxylation is 1. The van der Waals surface area contributed by atoms with Crippen molar-refractivity contribution in [2.75, 3.05) is 11.2 Å². The fourth-order valence-electron chi connectivity index (χ4n) is 1.38. The van der Waals surface area contributed by atoms with Crippen molar-refractivity contribution in [1.82, 2.24) is 15.2 Å². The van der Waals surface area contributed by atoms with E-state index in [2.05, 4.69) is 16.0 Å². The maximum atomic E-state index is 13.3. The molecule has 0 fully saturated rings. The van der Waals surface area contributed by atoms with Crippen molar-refractivity contribution >= 4 is 17.4 Å². The molecule has 0 bridgehead atoms. The smallest absolute Gasteiger partial charge is 0.274 e. The minimum Gasteiger partial charge on any atom is -0.383 e. The number of aromatic nitrogens is 2. The van der Waals surface area contributed by atoms with Crippen LogP contribution in [-0.4, -0.2) is 15.7 Å². The lowest BCUT2D eigenvalue weighted by atomic mass is 10.3. The van der Waals surface area contributed by atoms with Crippen LogP contribution in [0.3, 0.4) is 0 Å². The third-order valence-corrected chi connectivity index (χ3v) is 2.41. The summed E-state index contributed by atoms with van der Waals surface area (Å²) in [6.45, 7) is 0. The Kier molecular flexibility index (Phi) is 3.13. The molecule has 1 heterocycles. The van der Waals surface area contributed by atoms with Gasteiger partial charge in [-0.05, 0) is 12.1 Å². The number of hydrogen-bond acceptors (Lipinski definition) is 4. The molecule has 7 heteroatoms. The molecule has 18 heavy (non-hydrogen) atoms. The second-order valence-corrected chi connectivity index (χ2v) is 3.63. The van der Waals surface area contributed by atoms with Gasteiger partial charge in [-0.15, -0.1) is 0 Å². The number of rotatable bonds is 3. The number of hydrazine groups is 1. The van der Waals surface area contributed by atoms with Crippen LogP contribution in [0.5, 0.6) is 0 Å². The van der Waals surface area contributed by atoms with E-state index in [4.69, 9.17) is 5.73 Å². The number of benzene rings is 1. The fourth-order valence-corrected chi connectivity index (χ4v) is 1.38. The molecular weight excluding hydrogens is 237 g/mol. The molecule has 0 aliphatic carbocycles. The van der Waals surface area contributed by atoms with Gasteiger partial charge in [-0.25, -0.2) is 4.39 Å². The zero-order valence-corrected chi connectivity index (χ0v) is 9.64. The largest absolute Gasteiger partial charge is 0.383 e. The first kappa shape index (κ1) is 11.9. The first-order valence-corrected chi connectivity index (χ1v) is 5.18. The van der Waals surface area contributed by atoms with Gasteiger partial charge in [0, 0.05) is 7.05 Å². The maximum absolute atomic E-state index is 13.3. The molecule has 0 saturated carbocycles. The summed E-state index contributed by atoms with van der Waals surface area (Å²) in [7, 11) is 1.62. The molecule has 4 N–H and O–H groups in total. The SMILES string of the molecule is Cn1ncc(C(=O)NNc2ccccc2F)c1N. The summed E-state index contributed by atoms with van der Waals surface area (Å²) >= 11 is 0. The zero-order valence-electron chi connectivity index (χ0n) is 9.64. The number of para-hydroxylation sites is 1. The van der Waals surface area contributed by atoms with E-state index in [1.165, 1.54) is 23.0 Å². The van der Waals surface area contributed by atoms with Gasteiger partial charge < -0.3 is 5.73 Å². The van der Waals surface area contributed by atoms with Gasteiger partial charge in [0.05, 0.1) is 11.9 Å². The highest BCUT2D eigenvalue weighted by molar-refractivity contribution is 5.98. The van der Waals surface area contributed by atoms with Crippen molar-refractivity contribution in [2.24, 2.45) is 7.05 Å². The summed E-state index contributed by atoms with van der Waals surface area (Å²) in [5.41, 5.74) is 10.9. The van der Waals surface area contributed by atoms with Crippen LogP contribution in [0, 0.1) is 5.82 Å². The lowest BCUT2D eigenvalue weighted by Crippen LogP contribution is -2.30. The topological polar surface area (TPSA) is 85.0 Å². The van der Waals surface area contributed by atoms with Gasteiger partial charge in [-0.1, -0.05) is 12.1 Å². The number of hydrogen-bond donors (Lipinski definition) is 3. The number of nitrogens with zero attached hydrogens (tertiary/aromatic N) is 2. The summed E-state index contributed by atoms with van der Waals surface area (Å²) in [4.78, 5) is 11.7. The molecule has 0 unspecified atom stereocenters. The Morgan fingerprint density at radius 1 is 1.44 bits per heavy atom. The van der Waals surface area contributed by atoms with Crippen LogP contribution in [0.2, 0.25) is 0 Å². The van der Waals surface area contributed by atoms with Gasteiger partial charge in [0.1, 0.15) is 17.2 Å². The third-order valence-electron chi connectivity index (χ3n) is 2.41. The number of nitrogen functional groups attached to an aromatic ring is 1. The number of amides is 1. The van der Waals surface area contributed by atoms with E-state index in [1.54, 1.807) is 19.2 Å². The molecule has 0 atom stereocenters. The fraction of sp³-hybridized carbons (Fsp3) is 0.0909. The van der Waals surface area contributed by atoms with Crippen LogP contribution in [-0.2, 0) is 7.05 Å².